The van der Waals surface area contributed by atoms with Crippen LogP contribution >= 0.6 is 22.6 Å². The van der Waals surface area contributed by atoms with Gasteiger partial charge in [0.2, 0.25) is 5.91 Å². The zero-order valence-electron chi connectivity index (χ0n) is 19.5. The van der Waals surface area contributed by atoms with E-state index in [2.05, 4.69) is 64.3 Å². The molecule has 0 aliphatic heterocycles. The Morgan fingerprint density at radius 3 is 2.82 bits per heavy atom. The van der Waals surface area contributed by atoms with Crippen LogP contribution in [0, 0.1) is 20.8 Å². The molecule has 1 N–H and O–H groups in total. The Balaban J connectivity index is 1.26. The topological polar surface area (TPSA) is 59.9 Å². The second-order valence-electron chi connectivity index (χ2n) is 9.53. The Morgan fingerprint density at radius 2 is 2.03 bits per heavy atom. The fraction of sp³-hybridized carbons (Fsp3) is 0.357. The maximum Gasteiger partial charge on any atom is 0.244 e. The highest BCUT2D eigenvalue weighted by Gasteiger charge is 2.64. The maximum atomic E-state index is 12.7. The Labute approximate surface area is 214 Å². The lowest BCUT2D eigenvalue weighted by atomic mass is 9.90. The number of amides is 1. The monoisotopic (exact) mass is 568 g/mol. The summed E-state index contributed by atoms with van der Waals surface area (Å²) in [4.78, 5) is 12.7. The van der Waals surface area contributed by atoms with Gasteiger partial charge in [0.05, 0.1) is 16.9 Å². The number of hydrazone groups is 1. The first kappa shape index (κ1) is 23.1. The number of ether oxygens (including phenoxy) is 2. The van der Waals surface area contributed by atoms with Crippen LogP contribution in [0.5, 0.6) is 11.5 Å². The van der Waals surface area contributed by atoms with E-state index in [1.54, 1.807) is 13.3 Å². The van der Waals surface area contributed by atoms with Gasteiger partial charge in [-0.2, -0.15) is 5.10 Å². The van der Waals surface area contributed by atoms with Crippen LogP contribution in [0.15, 0.2) is 59.7 Å². The molecule has 0 bridgehead atoms. The molecule has 5 rings (SSSR count). The van der Waals surface area contributed by atoms with Crippen LogP contribution in [0.1, 0.15) is 43.7 Å². The van der Waals surface area contributed by atoms with Gasteiger partial charge < -0.3 is 9.47 Å². The van der Waals surface area contributed by atoms with Gasteiger partial charge in [-0.05, 0) is 80.8 Å². The number of carbonyl (C=O) groups is 1. The molecule has 2 aliphatic carbocycles. The molecule has 2 saturated carbocycles. The zero-order chi connectivity index (χ0) is 23.7. The summed E-state index contributed by atoms with van der Waals surface area (Å²) in [6, 6.07) is 18.4. The Morgan fingerprint density at radius 1 is 1.21 bits per heavy atom. The average molecular weight is 568 g/mol. The van der Waals surface area contributed by atoms with Crippen molar-refractivity contribution in [3.63, 3.8) is 0 Å². The van der Waals surface area contributed by atoms with Gasteiger partial charge in [-0.1, -0.05) is 62.2 Å². The second-order valence-corrected chi connectivity index (χ2v) is 10.7. The van der Waals surface area contributed by atoms with E-state index in [0.29, 0.717) is 24.0 Å². The molecule has 3 unspecified atom stereocenters. The number of hydrogen-bond acceptors (Lipinski definition) is 4. The summed E-state index contributed by atoms with van der Waals surface area (Å²) in [6.45, 7) is 2.69. The van der Waals surface area contributed by atoms with Gasteiger partial charge in [-0.15, -0.1) is 0 Å². The van der Waals surface area contributed by atoms with E-state index in [-0.39, 0.29) is 17.2 Å². The number of hydrogen-bond donors (Lipinski definition) is 1. The number of nitrogens with zero attached hydrogens (tertiary/aromatic N) is 1. The van der Waals surface area contributed by atoms with Crippen LogP contribution in [0.25, 0.3) is 10.8 Å². The summed E-state index contributed by atoms with van der Waals surface area (Å²) in [6.07, 6.45) is 6.45. The van der Waals surface area contributed by atoms with Gasteiger partial charge in [0.1, 0.15) is 6.61 Å². The lowest BCUT2D eigenvalue weighted by molar-refractivity contribution is -0.123. The maximum absolute atomic E-state index is 12.7. The number of methoxy groups -OCH3 is 1. The average Bonchev–Trinajstić information content (AvgIpc) is 3.48. The number of fused-ring (bicyclic) bond motifs is 2. The molecule has 1 amide bonds. The quantitative estimate of drug-likeness (QED) is 0.207. The second kappa shape index (κ2) is 9.56. The van der Waals surface area contributed by atoms with Crippen molar-refractivity contribution in [1.82, 2.24) is 5.43 Å². The molecule has 6 heteroatoms. The van der Waals surface area contributed by atoms with E-state index in [0.717, 1.165) is 27.5 Å². The van der Waals surface area contributed by atoms with Gasteiger partial charge in [0, 0.05) is 5.92 Å². The fourth-order valence-electron chi connectivity index (χ4n) is 5.61. The first-order chi connectivity index (χ1) is 16.5. The van der Waals surface area contributed by atoms with Gasteiger partial charge in [-0.3, -0.25) is 4.79 Å². The number of nitrogens with one attached hydrogen (secondary N) is 1. The number of carbonyl (C=O) groups excluding carboxylic acids is 1. The summed E-state index contributed by atoms with van der Waals surface area (Å²) in [5, 5.41) is 6.62. The minimum atomic E-state index is 0.0438. The van der Waals surface area contributed by atoms with E-state index in [1.165, 1.54) is 23.6 Å². The Kier molecular flexibility index (Phi) is 6.51. The molecule has 0 heterocycles. The molecule has 2 fully saturated rings. The third kappa shape index (κ3) is 4.40. The van der Waals surface area contributed by atoms with E-state index in [9.17, 15) is 4.79 Å². The Bertz CT molecular complexity index is 1250. The van der Waals surface area contributed by atoms with Crippen molar-refractivity contribution < 1.29 is 14.3 Å². The SMILES string of the molecule is COc1cc(/C=N/NC(=O)C2C3CCCCC32C)cc(I)c1OCc1cccc2ccccc12. The van der Waals surface area contributed by atoms with Crippen molar-refractivity contribution in [3.8, 4) is 11.5 Å². The number of rotatable bonds is 7. The van der Waals surface area contributed by atoms with E-state index in [1.807, 2.05) is 30.3 Å². The summed E-state index contributed by atoms with van der Waals surface area (Å²) in [7, 11) is 1.63. The zero-order valence-corrected chi connectivity index (χ0v) is 21.7. The van der Waals surface area contributed by atoms with Crippen molar-refractivity contribution in [2.75, 3.05) is 7.11 Å². The molecule has 0 spiro atoms. The van der Waals surface area contributed by atoms with Gasteiger partial charge in [0.15, 0.2) is 11.5 Å². The first-order valence-corrected chi connectivity index (χ1v) is 12.9. The van der Waals surface area contributed by atoms with Gasteiger partial charge in [-0.25, -0.2) is 5.43 Å². The highest BCUT2D eigenvalue weighted by Crippen LogP contribution is 2.66. The lowest BCUT2D eigenvalue weighted by Gasteiger charge is -2.15. The predicted octanol–water partition coefficient (Wildman–Crippen LogP) is 6.31. The van der Waals surface area contributed by atoms with Crippen LogP contribution in [-0.2, 0) is 11.4 Å². The molecule has 0 radical (unpaired) electrons. The van der Waals surface area contributed by atoms with E-state index >= 15 is 0 Å². The lowest BCUT2D eigenvalue weighted by Crippen LogP contribution is -2.22. The van der Waals surface area contributed by atoms with Crippen LogP contribution in [0.3, 0.4) is 0 Å². The van der Waals surface area contributed by atoms with Crippen LogP contribution < -0.4 is 14.9 Å². The predicted molar refractivity (Wildman–Crippen MR) is 143 cm³/mol. The van der Waals surface area contributed by atoms with Crippen molar-refractivity contribution in [2.24, 2.45) is 22.4 Å². The Hall–Kier alpha value is -2.61. The van der Waals surface area contributed by atoms with Crippen molar-refractivity contribution in [3.05, 3.63) is 69.3 Å². The molecule has 176 valence electrons. The smallest absolute Gasteiger partial charge is 0.244 e. The van der Waals surface area contributed by atoms with Crippen LogP contribution in [0.2, 0.25) is 0 Å². The normalized spacial score (nSPS) is 23.5. The summed E-state index contributed by atoms with van der Waals surface area (Å²) < 4.78 is 12.7. The molecular formula is C28H29IN2O3. The van der Waals surface area contributed by atoms with Gasteiger partial charge in [0.25, 0.3) is 0 Å². The minimum Gasteiger partial charge on any atom is -0.493 e. The van der Waals surface area contributed by atoms with Crippen molar-refractivity contribution in [2.45, 2.75) is 39.2 Å². The summed E-state index contributed by atoms with van der Waals surface area (Å²) in [5.74, 6) is 2.01. The fourth-order valence-corrected chi connectivity index (χ4v) is 6.39. The highest BCUT2D eigenvalue weighted by atomic mass is 127. The van der Waals surface area contributed by atoms with Crippen molar-refractivity contribution in [1.29, 1.82) is 0 Å². The minimum absolute atomic E-state index is 0.0438. The van der Waals surface area contributed by atoms with Gasteiger partial charge >= 0.3 is 0 Å². The molecule has 3 aromatic rings. The van der Waals surface area contributed by atoms with Crippen LogP contribution in [-0.4, -0.2) is 19.2 Å². The highest BCUT2D eigenvalue weighted by molar-refractivity contribution is 14.1. The standard InChI is InChI=1S/C28H29IN2O3/c1-28-13-6-5-12-22(28)25(28)27(32)31-30-16-18-14-23(29)26(24(15-18)33-2)34-17-20-10-7-9-19-8-3-4-11-21(19)20/h3-4,7-11,14-16,22,25H,5-6,12-13,17H2,1-2H3,(H,31,32)/b30-16+. The molecule has 0 aromatic heterocycles. The third-order valence-electron chi connectivity index (χ3n) is 7.51. The molecule has 34 heavy (non-hydrogen) atoms. The number of benzene rings is 3. The van der Waals surface area contributed by atoms with Crippen LogP contribution in [0.4, 0.5) is 0 Å². The third-order valence-corrected chi connectivity index (χ3v) is 8.31. The molecule has 5 nitrogen and oxygen atoms in total. The molecule has 0 saturated heterocycles. The molecule has 3 aromatic carbocycles. The van der Waals surface area contributed by atoms with E-state index in [4.69, 9.17) is 9.47 Å². The largest absolute Gasteiger partial charge is 0.493 e. The first-order valence-electron chi connectivity index (χ1n) is 11.8. The summed E-state index contributed by atoms with van der Waals surface area (Å²) >= 11 is 2.25. The van der Waals surface area contributed by atoms with E-state index < -0.39 is 0 Å². The molecule has 3 atom stereocenters. The summed E-state index contributed by atoms with van der Waals surface area (Å²) in [5.41, 5.74) is 4.92. The van der Waals surface area contributed by atoms with Crippen molar-refractivity contribution >= 4 is 45.5 Å². The molecule has 2 aliphatic rings. The number of halogens is 1. The molecular weight excluding hydrogens is 539 g/mol.